The van der Waals surface area contributed by atoms with E-state index in [-0.39, 0.29) is 17.5 Å². The minimum absolute atomic E-state index is 0.0536. The Labute approximate surface area is 180 Å². The molecule has 1 unspecified atom stereocenters. The van der Waals surface area contributed by atoms with Crippen LogP contribution in [0.15, 0.2) is 71.7 Å². The highest BCUT2D eigenvalue weighted by molar-refractivity contribution is 5.75. The Morgan fingerprint density at radius 1 is 1.00 bits per heavy atom. The number of pyridine rings is 1. The van der Waals surface area contributed by atoms with E-state index >= 15 is 0 Å². The van der Waals surface area contributed by atoms with Gasteiger partial charge in [0.2, 0.25) is 0 Å². The maximum atomic E-state index is 13.3. The molecule has 0 saturated carbocycles. The molecule has 0 aliphatic carbocycles. The van der Waals surface area contributed by atoms with Crippen LogP contribution in [0.4, 0.5) is 13.2 Å². The van der Waals surface area contributed by atoms with Gasteiger partial charge in [-0.1, -0.05) is 24.3 Å². The molecule has 6 nitrogen and oxygen atoms in total. The number of aromatic nitrogens is 3. The summed E-state index contributed by atoms with van der Waals surface area (Å²) in [7, 11) is 0. The zero-order valence-corrected chi connectivity index (χ0v) is 16.8. The van der Waals surface area contributed by atoms with Gasteiger partial charge in [-0.2, -0.15) is 0 Å². The number of hydrogen-bond acceptors (Lipinski definition) is 4. The lowest BCUT2D eigenvalue weighted by molar-refractivity contribution is -0.274. The Morgan fingerprint density at radius 3 is 2.31 bits per heavy atom. The van der Waals surface area contributed by atoms with Crippen LogP contribution in [-0.4, -0.2) is 33.6 Å². The second kappa shape index (κ2) is 7.83. The fraction of sp³-hybridized carbons (Fsp3) is 0.217. The summed E-state index contributed by atoms with van der Waals surface area (Å²) in [6, 6.07) is 16.7. The Bertz CT molecular complexity index is 1300. The summed E-state index contributed by atoms with van der Waals surface area (Å²) in [4.78, 5) is 17.8. The van der Waals surface area contributed by atoms with E-state index in [0.29, 0.717) is 11.3 Å². The maximum absolute atomic E-state index is 13.3. The number of halogens is 3. The quantitative estimate of drug-likeness (QED) is 0.515. The van der Waals surface area contributed by atoms with Crippen LogP contribution in [-0.2, 0) is 0 Å². The third kappa shape index (κ3) is 3.75. The number of fused-ring (bicyclic) bond motifs is 1. The fourth-order valence-corrected chi connectivity index (χ4v) is 4.14. The molecule has 0 amide bonds. The molecule has 32 heavy (non-hydrogen) atoms. The molecule has 1 N–H and O–H groups in total. The number of benzene rings is 2. The van der Waals surface area contributed by atoms with E-state index in [9.17, 15) is 18.0 Å². The van der Waals surface area contributed by atoms with Crippen molar-refractivity contribution in [3.8, 4) is 22.6 Å². The normalized spacial score (nSPS) is 16.5. The predicted molar refractivity (Wildman–Crippen MR) is 114 cm³/mol. The molecule has 1 fully saturated rings. The Kier molecular flexibility index (Phi) is 4.97. The number of alkyl halides is 3. The number of nitrogens with one attached hydrogen (secondary N) is 1. The average Bonchev–Trinajstić information content (AvgIpc) is 3.39. The largest absolute Gasteiger partial charge is 0.573 e. The van der Waals surface area contributed by atoms with Crippen molar-refractivity contribution in [1.29, 1.82) is 0 Å². The van der Waals surface area contributed by atoms with E-state index in [4.69, 9.17) is 0 Å². The highest BCUT2D eigenvalue weighted by Crippen LogP contribution is 2.28. The molecule has 5 rings (SSSR count). The molecule has 164 valence electrons. The first kappa shape index (κ1) is 20.3. The van der Waals surface area contributed by atoms with Crippen LogP contribution in [0, 0.1) is 0 Å². The third-order valence-corrected chi connectivity index (χ3v) is 5.58. The van der Waals surface area contributed by atoms with Crippen LogP contribution < -0.4 is 15.7 Å². The first-order chi connectivity index (χ1) is 15.4. The summed E-state index contributed by atoms with van der Waals surface area (Å²) in [6.07, 6.45) is -2.18. The standard InChI is InChI=1S/C23H19F3N4O2/c24-23(25,26)32-19-9-5-16(6-10-19)15-3-7-17(8-4-15)29-20-2-1-12-28-21(20)30(22(29)31)18-11-13-27-14-18/h1-10,12,18,27H,11,13-14H2. The first-order valence-electron chi connectivity index (χ1n) is 10.2. The van der Waals surface area contributed by atoms with Crippen molar-refractivity contribution < 1.29 is 17.9 Å². The lowest BCUT2D eigenvalue weighted by Crippen LogP contribution is -2.28. The number of hydrogen-bond donors (Lipinski definition) is 1. The van der Waals surface area contributed by atoms with Gasteiger partial charge in [0.15, 0.2) is 5.65 Å². The Hall–Kier alpha value is -3.59. The van der Waals surface area contributed by atoms with Gasteiger partial charge in [-0.25, -0.2) is 9.78 Å². The highest BCUT2D eigenvalue weighted by atomic mass is 19.4. The summed E-state index contributed by atoms with van der Waals surface area (Å²) >= 11 is 0. The monoisotopic (exact) mass is 440 g/mol. The molecule has 0 radical (unpaired) electrons. The fourth-order valence-electron chi connectivity index (χ4n) is 4.14. The number of rotatable bonds is 4. The van der Waals surface area contributed by atoms with Gasteiger partial charge in [-0.15, -0.1) is 13.2 Å². The molecule has 0 spiro atoms. The zero-order chi connectivity index (χ0) is 22.3. The first-order valence-corrected chi connectivity index (χ1v) is 10.2. The molecule has 1 aliphatic rings. The lowest BCUT2D eigenvalue weighted by Gasteiger charge is -2.10. The van der Waals surface area contributed by atoms with Gasteiger partial charge in [-0.3, -0.25) is 9.13 Å². The van der Waals surface area contributed by atoms with Crippen LogP contribution >= 0.6 is 0 Å². The van der Waals surface area contributed by atoms with Gasteiger partial charge in [0.1, 0.15) is 5.75 Å². The number of nitrogens with zero attached hydrogens (tertiary/aromatic N) is 3. The van der Waals surface area contributed by atoms with E-state index in [1.165, 1.54) is 12.1 Å². The molecule has 1 aliphatic heterocycles. The summed E-state index contributed by atoms with van der Waals surface area (Å²) in [5.41, 5.74) is 3.47. The second-order valence-corrected chi connectivity index (χ2v) is 7.60. The van der Waals surface area contributed by atoms with Crippen LogP contribution in [0.25, 0.3) is 28.0 Å². The average molecular weight is 440 g/mol. The van der Waals surface area contributed by atoms with E-state index in [1.54, 1.807) is 33.5 Å². The van der Waals surface area contributed by atoms with E-state index < -0.39 is 6.36 Å². The molecule has 0 bridgehead atoms. The van der Waals surface area contributed by atoms with Gasteiger partial charge in [0.05, 0.1) is 17.2 Å². The smallest absolute Gasteiger partial charge is 0.406 e. The molecule has 9 heteroatoms. The SMILES string of the molecule is O=c1n(-c2ccc(-c3ccc(OC(F)(F)F)cc3)cc2)c2cccnc2n1C1CCNC1. The predicted octanol–water partition coefficient (Wildman–Crippen LogP) is 4.29. The minimum Gasteiger partial charge on any atom is -0.406 e. The molecule has 4 aromatic rings. The molecule has 1 atom stereocenters. The Morgan fingerprint density at radius 2 is 1.69 bits per heavy atom. The van der Waals surface area contributed by atoms with Gasteiger partial charge < -0.3 is 10.1 Å². The van der Waals surface area contributed by atoms with Crippen molar-refractivity contribution in [3.05, 3.63) is 77.3 Å². The van der Waals surface area contributed by atoms with Crippen molar-refractivity contribution in [1.82, 2.24) is 19.4 Å². The van der Waals surface area contributed by atoms with E-state index in [2.05, 4.69) is 15.0 Å². The van der Waals surface area contributed by atoms with Gasteiger partial charge in [0.25, 0.3) is 0 Å². The van der Waals surface area contributed by atoms with Crippen LogP contribution in [0.1, 0.15) is 12.5 Å². The second-order valence-electron chi connectivity index (χ2n) is 7.60. The van der Waals surface area contributed by atoms with Crippen molar-refractivity contribution in [3.63, 3.8) is 0 Å². The van der Waals surface area contributed by atoms with Crippen molar-refractivity contribution in [2.45, 2.75) is 18.8 Å². The van der Waals surface area contributed by atoms with Crippen LogP contribution in [0.2, 0.25) is 0 Å². The van der Waals surface area contributed by atoms with Crippen LogP contribution in [0.5, 0.6) is 5.75 Å². The number of imidazole rings is 1. The van der Waals surface area contributed by atoms with Crippen molar-refractivity contribution in [2.24, 2.45) is 0 Å². The van der Waals surface area contributed by atoms with E-state index in [0.717, 1.165) is 36.2 Å². The molecular formula is C23H19F3N4O2. The summed E-state index contributed by atoms with van der Waals surface area (Å²) in [5.74, 6) is -0.272. The third-order valence-electron chi connectivity index (χ3n) is 5.58. The van der Waals surface area contributed by atoms with Gasteiger partial charge in [-0.05, 0) is 60.5 Å². The van der Waals surface area contributed by atoms with Gasteiger partial charge >= 0.3 is 12.1 Å². The van der Waals surface area contributed by atoms with Crippen molar-refractivity contribution in [2.75, 3.05) is 13.1 Å². The lowest BCUT2D eigenvalue weighted by atomic mass is 10.1. The minimum atomic E-state index is -4.72. The summed E-state index contributed by atoms with van der Waals surface area (Å²) < 4.78 is 44.4. The number of ether oxygens (including phenoxy) is 1. The van der Waals surface area contributed by atoms with E-state index in [1.807, 2.05) is 30.3 Å². The molecular weight excluding hydrogens is 421 g/mol. The topological polar surface area (TPSA) is 61.1 Å². The maximum Gasteiger partial charge on any atom is 0.573 e. The molecule has 3 heterocycles. The van der Waals surface area contributed by atoms with Crippen LogP contribution in [0.3, 0.4) is 0 Å². The Balaban J connectivity index is 1.50. The zero-order valence-electron chi connectivity index (χ0n) is 16.8. The summed E-state index contributed by atoms with van der Waals surface area (Å²) in [5, 5.41) is 3.29. The summed E-state index contributed by atoms with van der Waals surface area (Å²) in [6.45, 7) is 1.58. The molecule has 2 aromatic heterocycles. The molecule has 1 saturated heterocycles. The van der Waals surface area contributed by atoms with Gasteiger partial charge in [0, 0.05) is 12.7 Å². The highest BCUT2D eigenvalue weighted by Gasteiger charge is 2.31. The van der Waals surface area contributed by atoms with Crippen molar-refractivity contribution >= 4 is 11.2 Å². The molecule has 2 aromatic carbocycles.